The van der Waals surface area contributed by atoms with E-state index >= 15 is 0 Å². The van der Waals surface area contributed by atoms with Crippen LogP contribution in [0.25, 0.3) is 0 Å². The molecule has 0 radical (unpaired) electrons. The zero-order chi connectivity index (χ0) is 12.9. The lowest BCUT2D eigenvalue weighted by atomic mass is 9.80. The van der Waals surface area contributed by atoms with Crippen LogP contribution in [0.5, 0.6) is 0 Å². The van der Waals surface area contributed by atoms with Crippen molar-refractivity contribution in [2.24, 2.45) is 0 Å². The Kier molecular flexibility index (Phi) is 2.92. The van der Waals surface area contributed by atoms with Crippen LogP contribution in [-0.2, 0) is 5.60 Å². The van der Waals surface area contributed by atoms with Gasteiger partial charge in [0, 0.05) is 17.1 Å². The highest BCUT2D eigenvalue weighted by molar-refractivity contribution is 6.31. The monoisotopic (exact) mass is 265 g/mol. The quantitative estimate of drug-likeness (QED) is 0.844. The van der Waals surface area contributed by atoms with Crippen molar-refractivity contribution in [1.29, 1.82) is 0 Å². The average Bonchev–Trinajstić information content (AvgIpc) is 2.57. The van der Waals surface area contributed by atoms with Gasteiger partial charge in [0.2, 0.25) is 0 Å². The molecule has 2 atom stereocenters. The molecule has 0 saturated carbocycles. The number of halogens is 1. The minimum absolute atomic E-state index is 0.532. The summed E-state index contributed by atoms with van der Waals surface area (Å²) in [5.41, 5.74) is 1.43. The fraction of sp³-hybridized carbons (Fsp3) is 0.600. The van der Waals surface area contributed by atoms with E-state index in [4.69, 9.17) is 11.6 Å². The van der Waals surface area contributed by atoms with Gasteiger partial charge in [-0.2, -0.15) is 0 Å². The molecular formula is C15H20ClNO. The van der Waals surface area contributed by atoms with Gasteiger partial charge in [0.15, 0.2) is 0 Å². The standard InChI is InChI=1S/C15H20ClNO/c1-10-7-11(3-6-14(10)16)15(18)8-12-4-5-13(9-15)17(12)2/h3,6-7,12-13,18H,4-5,8-9H2,1-2H3. The van der Waals surface area contributed by atoms with Crippen molar-refractivity contribution in [2.45, 2.75) is 50.3 Å². The number of nitrogens with zero attached hydrogens (tertiary/aromatic N) is 1. The topological polar surface area (TPSA) is 23.5 Å². The summed E-state index contributed by atoms with van der Waals surface area (Å²) >= 11 is 6.07. The van der Waals surface area contributed by atoms with Crippen LogP contribution in [-0.4, -0.2) is 29.1 Å². The second kappa shape index (κ2) is 4.22. The Morgan fingerprint density at radius 1 is 1.28 bits per heavy atom. The van der Waals surface area contributed by atoms with Crippen molar-refractivity contribution in [2.75, 3.05) is 7.05 Å². The lowest BCUT2D eigenvalue weighted by molar-refractivity contribution is -0.0493. The van der Waals surface area contributed by atoms with Gasteiger partial charge in [0.25, 0.3) is 0 Å². The molecule has 1 aromatic carbocycles. The summed E-state index contributed by atoms with van der Waals surface area (Å²) in [4.78, 5) is 2.44. The second-order valence-electron chi connectivity index (χ2n) is 5.95. The Hall–Kier alpha value is -0.570. The Bertz CT molecular complexity index is 460. The summed E-state index contributed by atoms with van der Waals surface area (Å²) in [5.74, 6) is 0. The van der Waals surface area contributed by atoms with E-state index in [2.05, 4.69) is 11.9 Å². The number of rotatable bonds is 1. The fourth-order valence-electron chi connectivity index (χ4n) is 3.62. The van der Waals surface area contributed by atoms with E-state index in [1.54, 1.807) is 0 Å². The molecule has 3 heteroatoms. The maximum Gasteiger partial charge on any atom is 0.0926 e. The highest BCUT2D eigenvalue weighted by Crippen LogP contribution is 2.45. The molecular weight excluding hydrogens is 246 g/mol. The van der Waals surface area contributed by atoms with Crippen LogP contribution in [0.3, 0.4) is 0 Å². The molecule has 98 valence electrons. The van der Waals surface area contributed by atoms with Crippen molar-refractivity contribution >= 4 is 11.6 Å². The van der Waals surface area contributed by atoms with E-state index in [-0.39, 0.29) is 0 Å². The van der Waals surface area contributed by atoms with E-state index < -0.39 is 5.60 Å². The molecule has 2 unspecified atom stereocenters. The molecule has 1 N–H and O–H groups in total. The fourth-order valence-corrected chi connectivity index (χ4v) is 3.73. The molecule has 2 heterocycles. The largest absolute Gasteiger partial charge is 0.385 e. The van der Waals surface area contributed by atoms with Gasteiger partial charge in [0.1, 0.15) is 0 Å². The predicted octanol–water partition coefficient (Wildman–Crippen LogP) is 3.09. The molecule has 0 aliphatic carbocycles. The molecule has 2 nitrogen and oxygen atoms in total. The lowest BCUT2D eigenvalue weighted by Crippen LogP contribution is -2.47. The maximum absolute atomic E-state index is 11.0. The predicted molar refractivity (Wildman–Crippen MR) is 73.9 cm³/mol. The van der Waals surface area contributed by atoms with Gasteiger partial charge < -0.3 is 10.0 Å². The molecule has 2 aliphatic heterocycles. The van der Waals surface area contributed by atoms with Crippen LogP contribution in [0.1, 0.15) is 36.8 Å². The summed E-state index contributed by atoms with van der Waals surface area (Å²) < 4.78 is 0. The van der Waals surface area contributed by atoms with Gasteiger partial charge in [-0.3, -0.25) is 0 Å². The number of aryl methyl sites for hydroxylation is 1. The molecule has 2 saturated heterocycles. The van der Waals surface area contributed by atoms with Gasteiger partial charge in [-0.05, 0) is 56.8 Å². The van der Waals surface area contributed by atoms with E-state index in [1.807, 2.05) is 25.1 Å². The van der Waals surface area contributed by atoms with E-state index in [0.717, 1.165) is 29.0 Å². The molecule has 0 aromatic heterocycles. The van der Waals surface area contributed by atoms with Crippen LogP contribution >= 0.6 is 11.6 Å². The zero-order valence-electron chi connectivity index (χ0n) is 11.0. The minimum Gasteiger partial charge on any atom is -0.385 e. The summed E-state index contributed by atoms with van der Waals surface area (Å²) in [6.07, 6.45) is 4.13. The highest BCUT2D eigenvalue weighted by atomic mass is 35.5. The summed E-state index contributed by atoms with van der Waals surface area (Å²) in [6, 6.07) is 7.01. The first-order valence-electron chi connectivity index (χ1n) is 6.70. The number of hydrogen-bond acceptors (Lipinski definition) is 2. The number of fused-ring (bicyclic) bond motifs is 2. The van der Waals surface area contributed by atoms with Gasteiger partial charge >= 0.3 is 0 Å². The van der Waals surface area contributed by atoms with Gasteiger partial charge in [0.05, 0.1) is 5.60 Å². The van der Waals surface area contributed by atoms with Crippen LogP contribution in [0, 0.1) is 6.92 Å². The zero-order valence-corrected chi connectivity index (χ0v) is 11.7. The first-order chi connectivity index (χ1) is 8.49. The molecule has 1 aromatic rings. The smallest absolute Gasteiger partial charge is 0.0926 e. The lowest BCUT2D eigenvalue weighted by Gasteiger charge is -2.42. The molecule has 2 bridgehead atoms. The number of benzene rings is 1. The molecule has 3 rings (SSSR count). The Morgan fingerprint density at radius 3 is 2.44 bits per heavy atom. The average molecular weight is 266 g/mol. The molecule has 0 spiro atoms. The van der Waals surface area contributed by atoms with Gasteiger partial charge in [-0.1, -0.05) is 23.7 Å². The van der Waals surface area contributed by atoms with Crippen LogP contribution in [0.2, 0.25) is 5.02 Å². The Labute approximate surface area is 114 Å². The van der Waals surface area contributed by atoms with E-state index in [1.165, 1.54) is 12.8 Å². The van der Waals surface area contributed by atoms with Crippen molar-refractivity contribution in [1.82, 2.24) is 4.90 Å². The third kappa shape index (κ3) is 1.87. The van der Waals surface area contributed by atoms with Crippen LogP contribution < -0.4 is 0 Å². The molecule has 0 amide bonds. The molecule has 18 heavy (non-hydrogen) atoms. The van der Waals surface area contributed by atoms with Gasteiger partial charge in [-0.25, -0.2) is 0 Å². The number of aliphatic hydroxyl groups is 1. The first kappa shape index (κ1) is 12.5. The van der Waals surface area contributed by atoms with Crippen molar-refractivity contribution in [3.63, 3.8) is 0 Å². The number of hydrogen-bond donors (Lipinski definition) is 1. The third-order valence-corrected chi connectivity index (χ3v) is 5.25. The maximum atomic E-state index is 11.0. The number of piperidine rings is 1. The van der Waals surface area contributed by atoms with Crippen LogP contribution in [0.4, 0.5) is 0 Å². The summed E-state index contributed by atoms with van der Waals surface area (Å²) in [6.45, 7) is 2.00. The highest BCUT2D eigenvalue weighted by Gasteiger charge is 2.46. The molecule has 2 fully saturated rings. The van der Waals surface area contributed by atoms with Gasteiger partial charge in [-0.15, -0.1) is 0 Å². The third-order valence-electron chi connectivity index (χ3n) is 4.83. The SMILES string of the molecule is Cc1cc(C2(O)CC3CCC(C2)N3C)ccc1Cl. The van der Waals surface area contributed by atoms with Crippen LogP contribution in [0.15, 0.2) is 18.2 Å². The normalized spacial score (nSPS) is 36.0. The second-order valence-corrected chi connectivity index (χ2v) is 6.36. The minimum atomic E-state index is -0.659. The van der Waals surface area contributed by atoms with Crippen molar-refractivity contribution in [3.8, 4) is 0 Å². The summed E-state index contributed by atoms with van der Waals surface area (Å²) in [7, 11) is 2.19. The van der Waals surface area contributed by atoms with Crippen molar-refractivity contribution < 1.29 is 5.11 Å². The first-order valence-corrected chi connectivity index (χ1v) is 7.08. The van der Waals surface area contributed by atoms with Crippen molar-refractivity contribution in [3.05, 3.63) is 34.3 Å². The molecule has 2 aliphatic rings. The summed E-state index contributed by atoms with van der Waals surface area (Å²) in [5, 5.41) is 11.8. The Balaban J connectivity index is 1.93. The van der Waals surface area contributed by atoms with E-state index in [9.17, 15) is 5.11 Å². The Morgan fingerprint density at radius 2 is 1.89 bits per heavy atom. The van der Waals surface area contributed by atoms with E-state index in [0.29, 0.717) is 12.1 Å².